The summed E-state index contributed by atoms with van der Waals surface area (Å²) in [5.41, 5.74) is 13.0. The molecule has 4 aromatic rings. The average Bonchev–Trinajstić information content (AvgIpc) is 3.18. The van der Waals surface area contributed by atoms with Gasteiger partial charge >= 0.3 is 6.09 Å². The second-order valence-corrected chi connectivity index (χ2v) is 6.86. The maximum Gasteiger partial charge on any atom is 0.412 e. The Morgan fingerprint density at radius 2 is 1.77 bits per heavy atom. The third-order valence-corrected chi connectivity index (χ3v) is 4.74. The number of hydrogen-bond acceptors (Lipinski definition) is 8. The van der Waals surface area contributed by atoms with E-state index in [9.17, 15) is 18.7 Å². The number of benzene rings is 1. The van der Waals surface area contributed by atoms with Crippen LogP contribution in [0.2, 0.25) is 0 Å². The molecule has 3 heterocycles. The lowest BCUT2D eigenvalue weighted by Crippen LogP contribution is -2.33. The molecule has 0 unspecified atom stereocenters. The van der Waals surface area contributed by atoms with Crippen LogP contribution in [0.5, 0.6) is 0 Å². The smallest absolute Gasteiger partial charge is 0.412 e. The van der Waals surface area contributed by atoms with Crippen molar-refractivity contribution in [1.82, 2.24) is 24.6 Å². The van der Waals surface area contributed by atoms with Crippen molar-refractivity contribution in [1.29, 1.82) is 0 Å². The summed E-state index contributed by atoms with van der Waals surface area (Å²) in [7, 11) is 0. The van der Waals surface area contributed by atoms with Gasteiger partial charge in [0.25, 0.3) is 6.47 Å². The molecule has 0 bridgehead atoms. The molecule has 0 atom stereocenters. The first-order valence-corrected chi connectivity index (χ1v) is 9.96. The van der Waals surface area contributed by atoms with Crippen molar-refractivity contribution in [3.8, 4) is 11.5 Å². The Bertz CT molecular complexity index is 1340. The number of aromatic nitrogens is 5. The van der Waals surface area contributed by atoms with E-state index in [2.05, 4.69) is 20.1 Å². The number of hydrogen-bond donors (Lipinski definition) is 4. The van der Waals surface area contributed by atoms with Crippen molar-refractivity contribution in [3.63, 3.8) is 0 Å². The van der Waals surface area contributed by atoms with Gasteiger partial charge in [-0.1, -0.05) is 18.2 Å². The molecule has 0 aliphatic rings. The maximum atomic E-state index is 14.2. The topological polar surface area (TPSA) is 186 Å². The van der Waals surface area contributed by atoms with Gasteiger partial charge in [0.2, 0.25) is 0 Å². The van der Waals surface area contributed by atoms with Gasteiger partial charge in [0, 0.05) is 12.6 Å². The summed E-state index contributed by atoms with van der Waals surface area (Å²) in [5.74, 6) is -0.416. The second kappa shape index (κ2) is 10.8. The lowest BCUT2D eigenvalue weighted by Gasteiger charge is -2.20. The van der Waals surface area contributed by atoms with Gasteiger partial charge in [0.05, 0.1) is 12.1 Å². The van der Waals surface area contributed by atoms with Gasteiger partial charge < -0.3 is 21.7 Å². The van der Waals surface area contributed by atoms with Gasteiger partial charge in [0.1, 0.15) is 29.7 Å². The Morgan fingerprint density at radius 1 is 1.11 bits per heavy atom. The van der Waals surface area contributed by atoms with Crippen molar-refractivity contribution in [2.24, 2.45) is 0 Å². The lowest BCUT2D eigenvalue weighted by molar-refractivity contribution is -0.122. The number of anilines is 3. The number of nitrogen functional groups attached to an aromatic ring is 2. The number of alkyl halides is 1. The first-order valence-electron chi connectivity index (χ1n) is 9.96. The first kappa shape index (κ1) is 24.8. The number of nitrogens with zero attached hydrogens (tertiary/aromatic N) is 6. The third-order valence-electron chi connectivity index (χ3n) is 4.74. The number of imidazole rings is 1. The summed E-state index contributed by atoms with van der Waals surface area (Å²) in [5, 5.41) is 20.5. The fraction of sp³-hybridized carbons (Fsp3) is 0.143. The van der Waals surface area contributed by atoms with E-state index in [0.29, 0.717) is 21.8 Å². The molecule has 1 aromatic carbocycles. The monoisotopic (exact) mass is 486 g/mol. The Morgan fingerprint density at radius 3 is 2.37 bits per heavy atom. The van der Waals surface area contributed by atoms with E-state index in [1.807, 2.05) is 0 Å². The number of fused-ring (bicyclic) bond motifs is 1. The van der Waals surface area contributed by atoms with Crippen LogP contribution in [0.4, 0.5) is 30.9 Å². The summed E-state index contributed by atoms with van der Waals surface area (Å²) in [6.07, 6.45) is 0.260. The minimum Gasteiger partial charge on any atom is -0.483 e. The molecular weight excluding hydrogens is 466 g/mol. The molecule has 0 saturated heterocycles. The highest BCUT2D eigenvalue weighted by Gasteiger charge is 2.25. The lowest BCUT2D eigenvalue weighted by atomic mass is 10.1. The molecule has 14 heteroatoms. The Kier molecular flexibility index (Phi) is 7.66. The molecule has 1 amide bonds. The molecule has 0 aliphatic heterocycles. The Labute approximate surface area is 196 Å². The van der Waals surface area contributed by atoms with Crippen LogP contribution in [0.3, 0.4) is 0 Å². The number of nitrogens with two attached hydrogens (primary N) is 2. The van der Waals surface area contributed by atoms with Gasteiger partial charge in [-0.25, -0.2) is 33.0 Å². The van der Waals surface area contributed by atoms with E-state index in [-0.39, 0.29) is 47.6 Å². The zero-order chi connectivity index (χ0) is 25.5. The molecule has 12 nitrogen and oxygen atoms in total. The van der Waals surface area contributed by atoms with Crippen LogP contribution < -0.4 is 16.4 Å². The molecule has 182 valence electrons. The van der Waals surface area contributed by atoms with E-state index < -0.39 is 19.3 Å². The van der Waals surface area contributed by atoms with E-state index in [4.69, 9.17) is 21.4 Å². The molecule has 6 N–H and O–H groups in total. The Balaban J connectivity index is 0.00000108. The van der Waals surface area contributed by atoms with Crippen LogP contribution in [0, 0.1) is 5.82 Å². The van der Waals surface area contributed by atoms with Crippen molar-refractivity contribution < 1.29 is 28.6 Å². The molecule has 0 saturated carbocycles. The van der Waals surface area contributed by atoms with Crippen LogP contribution in [-0.4, -0.2) is 60.6 Å². The summed E-state index contributed by atoms with van der Waals surface area (Å²) in [4.78, 5) is 33.3. The zero-order valence-corrected chi connectivity index (χ0v) is 18.0. The zero-order valence-electron chi connectivity index (χ0n) is 18.0. The van der Waals surface area contributed by atoms with Crippen LogP contribution in [0.1, 0.15) is 11.4 Å². The van der Waals surface area contributed by atoms with E-state index in [1.165, 1.54) is 10.6 Å². The molecule has 0 radical (unpaired) electrons. The van der Waals surface area contributed by atoms with Gasteiger partial charge in [-0.05, 0) is 23.8 Å². The highest BCUT2D eigenvalue weighted by atomic mass is 19.1. The fourth-order valence-electron chi connectivity index (χ4n) is 3.34. The van der Waals surface area contributed by atoms with Crippen LogP contribution in [-0.2, 0) is 11.2 Å². The summed E-state index contributed by atoms with van der Waals surface area (Å²) in [6, 6.07) is 9.71. The van der Waals surface area contributed by atoms with Crippen LogP contribution in [0.15, 0.2) is 42.6 Å². The van der Waals surface area contributed by atoms with Crippen molar-refractivity contribution in [2.45, 2.75) is 6.42 Å². The fourth-order valence-corrected chi connectivity index (χ4v) is 3.34. The number of halogens is 2. The molecule has 3 aromatic heterocycles. The number of amides is 1. The number of rotatable bonds is 6. The predicted octanol–water partition coefficient (Wildman–Crippen LogP) is 2.24. The molecule has 0 aliphatic carbocycles. The highest BCUT2D eigenvalue weighted by molar-refractivity contribution is 5.94. The molecule has 4 rings (SSSR count). The average molecular weight is 486 g/mol. The minimum absolute atomic E-state index is 0.0274. The van der Waals surface area contributed by atoms with E-state index >= 15 is 0 Å². The maximum absolute atomic E-state index is 14.2. The van der Waals surface area contributed by atoms with E-state index in [1.54, 1.807) is 36.5 Å². The SMILES string of the molecule is Nc1nc(-c2nc(Cc3ccccc3F)n3ncccc23)nc(N)c1N(CCF)C(=O)O.O=CO. The standard InChI is InChI=1S/C20H18F2N8O2.CH2O2/c21-7-9-29(20(31)32)16-17(23)27-19(28-18(16)24)15-13-6-3-8-25-30(13)14(26-15)10-11-4-1-2-5-12(11)22;2-1-3/h1-6,8H,7,9-10H2,(H,31,32)(H4,23,24,27,28);1H,(H,2,3). The second-order valence-electron chi connectivity index (χ2n) is 6.86. The first-order chi connectivity index (χ1) is 16.8. The van der Waals surface area contributed by atoms with Crippen molar-refractivity contribution in [2.75, 3.05) is 29.6 Å². The van der Waals surface area contributed by atoms with Crippen LogP contribution >= 0.6 is 0 Å². The Hall–Kier alpha value is -4.88. The van der Waals surface area contributed by atoms with E-state index in [0.717, 1.165) is 0 Å². The van der Waals surface area contributed by atoms with Gasteiger partial charge in [-0.15, -0.1) is 0 Å². The summed E-state index contributed by atoms with van der Waals surface area (Å²) >= 11 is 0. The van der Waals surface area contributed by atoms with Gasteiger partial charge in [0.15, 0.2) is 17.5 Å². The van der Waals surface area contributed by atoms with Gasteiger partial charge in [-0.2, -0.15) is 5.10 Å². The predicted molar refractivity (Wildman–Crippen MR) is 122 cm³/mol. The normalized spacial score (nSPS) is 10.5. The highest BCUT2D eigenvalue weighted by Crippen LogP contribution is 2.32. The number of carbonyl (C=O) groups is 2. The molecular formula is C21H20F2N8O4. The quantitative estimate of drug-likeness (QED) is 0.294. The molecule has 0 spiro atoms. The summed E-state index contributed by atoms with van der Waals surface area (Å²) in [6.45, 7) is -1.67. The van der Waals surface area contributed by atoms with Crippen LogP contribution in [0.25, 0.3) is 17.0 Å². The number of carboxylic acid groups (broad SMARTS) is 2. The van der Waals surface area contributed by atoms with Gasteiger partial charge in [-0.3, -0.25) is 9.69 Å². The third kappa shape index (κ3) is 5.21. The molecule has 35 heavy (non-hydrogen) atoms. The molecule has 0 fully saturated rings. The van der Waals surface area contributed by atoms with Crippen molar-refractivity contribution >= 4 is 35.4 Å². The summed E-state index contributed by atoms with van der Waals surface area (Å²) < 4.78 is 28.5. The minimum atomic E-state index is -1.44. The van der Waals surface area contributed by atoms with Crippen molar-refractivity contribution in [3.05, 3.63) is 59.8 Å². The largest absolute Gasteiger partial charge is 0.483 e.